The number of rotatable bonds is 19. The summed E-state index contributed by atoms with van der Waals surface area (Å²) in [6, 6.07) is 32.5. The highest BCUT2D eigenvalue weighted by atomic mass is 16.8. The molecule has 4 aliphatic heterocycles. The molecule has 2 N–H and O–H groups in total. The van der Waals surface area contributed by atoms with Crippen LogP contribution in [0.1, 0.15) is 204 Å². The number of hydrogen-bond donors (Lipinski definition) is 2. The van der Waals surface area contributed by atoms with Crippen LogP contribution in [0.5, 0.6) is 0 Å². The standard InChI is InChI=1S/C66H90O14/c1-63(2,3)45-29-21-41(22-30-45)59-73-39-51-57(79-59)55(77-61(75-51)43-25-33-47(34-26-43)65(7,8)9)49(67)37-71-53(69)19-17-15-13-14-16-18-20-54(70)72-38-50(68)56-58-52(76-62(78-56)44-27-35-48(36-28-44)66(10,11)12)40-74-60(80-58)42-23-31-46(32-24-42)64(4,5)6/h21-36,49-52,55-62,67-68H,13-20,37-40H2,1-12H3. The lowest BCUT2D eigenvalue weighted by molar-refractivity contribution is -0.373. The van der Waals surface area contributed by atoms with E-state index in [1.165, 1.54) is 22.3 Å². The Bertz CT molecular complexity index is 2410. The van der Waals surface area contributed by atoms with Crippen molar-refractivity contribution in [3.8, 4) is 0 Å². The van der Waals surface area contributed by atoms with Gasteiger partial charge in [-0.2, -0.15) is 0 Å². The van der Waals surface area contributed by atoms with E-state index in [0.29, 0.717) is 12.8 Å². The van der Waals surface area contributed by atoms with Crippen LogP contribution < -0.4 is 0 Å². The van der Waals surface area contributed by atoms with E-state index in [0.717, 1.165) is 47.9 Å². The monoisotopic (exact) mass is 1110 g/mol. The van der Waals surface area contributed by atoms with E-state index in [9.17, 15) is 19.8 Å². The summed E-state index contributed by atoms with van der Waals surface area (Å²) in [6.45, 7) is 25.8. The van der Waals surface area contributed by atoms with Gasteiger partial charge in [0.25, 0.3) is 0 Å². The molecule has 0 amide bonds. The summed E-state index contributed by atoms with van der Waals surface area (Å²) in [5.41, 5.74) is 7.90. The zero-order chi connectivity index (χ0) is 57.6. The minimum Gasteiger partial charge on any atom is -0.463 e. The Labute approximate surface area is 475 Å². The Balaban J connectivity index is 0.770. The van der Waals surface area contributed by atoms with Crippen LogP contribution in [0.4, 0.5) is 0 Å². The number of esters is 2. The average Bonchev–Trinajstić information content (AvgIpc) is 3.44. The Morgan fingerprint density at radius 1 is 0.412 bits per heavy atom. The summed E-state index contributed by atoms with van der Waals surface area (Å²) >= 11 is 0. The van der Waals surface area contributed by atoms with Crippen molar-refractivity contribution in [3.05, 3.63) is 142 Å². The van der Waals surface area contributed by atoms with Gasteiger partial charge >= 0.3 is 11.9 Å². The van der Waals surface area contributed by atoms with Gasteiger partial charge in [0.15, 0.2) is 25.2 Å². The van der Waals surface area contributed by atoms with Crippen LogP contribution >= 0.6 is 0 Å². The predicted molar refractivity (Wildman–Crippen MR) is 304 cm³/mol. The summed E-state index contributed by atoms with van der Waals surface area (Å²) < 4.78 is 62.6. The maximum absolute atomic E-state index is 13.0. The van der Waals surface area contributed by atoms with E-state index in [1.54, 1.807) is 0 Å². The maximum Gasteiger partial charge on any atom is 0.305 e. The van der Waals surface area contributed by atoms with Crippen molar-refractivity contribution in [2.45, 2.75) is 230 Å². The van der Waals surface area contributed by atoms with Gasteiger partial charge in [0.2, 0.25) is 0 Å². The zero-order valence-electron chi connectivity index (χ0n) is 49.4. The number of benzene rings is 4. The van der Waals surface area contributed by atoms with Crippen LogP contribution in [0.25, 0.3) is 0 Å². The minimum atomic E-state index is -1.20. The third kappa shape index (κ3) is 16.1. The molecule has 4 heterocycles. The highest BCUT2D eigenvalue weighted by Crippen LogP contribution is 2.42. The van der Waals surface area contributed by atoms with Crippen LogP contribution in [0.2, 0.25) is 0 Å². The van der Waals surface area contributed by atoms with Gasteiger partial charge in [-0.3, -0.25) is 9.59 Å². The molecule has 8 rings (SSSR count). The third-order valence-corrected chi connectivity index (χ3v) is 15.7. The number of hydrogen-bond acceptors (Lipinski definition) is 14. The Kier molecular flexibility index (Phi) is 20.2. The van der Waals surface area contributed by atoms with Crippen LogP contribution in [-0.2, 0) is 78.6 Å². The van der Waals surface area contributed by atoms with Crippen molar-refractivity contribution in [1.29, 1.82) is 0 Å². The largest absolute Gasteiger partial charge is 0.463 e. The van der Waals surface area contributed by atoms with Crippen molar-refractivity contribution in [1.82, 2.24) is 0 Å². The van der Waals surface area contributed by atoms with Crippen LogP contribution in [0.3, 0.4) is 0 Å². The molecule has 0 saturated carbocycles. The SMILES string of the molecule is CC(C)(C)c1ccc(C2OC3COC(c4ccc(C(C)(C)C)cc4)OC3C(C(O)COC(=O)CCCCCCCCC(=O)OCC(O)C3OC(c4ccc(C(C)(C)C)cc4)OC4COC(c5ccc(C(C)(C)C)cc5)OC43)O2)cc1. The molecule has 4 saturated heterocycles. The molecule has 4 aromatic rings. The Hall–Kier alpha value is -4.58. The summed E-state index contributed by atoms with van der Waals surface area (Å²) in [6.07, 6.45) is -4.63. The first-order valence-electron chi connectivity index (χ1n) is 29.1. The summed E-state index contributed by atoms with van der Waals surface area (Å²) in [5.74, 6) is -0.810. The van der Waals surface area contributed by atoms with E-state index in [1.807, 2.05) is 48.5 Å². The minimum absolute atomic E-state index is 0.0137. The first-order valence-corrected chi connectivity index (χ1v) is 29.1. The van der Waals surface area contributed by atoms with E-state index >= 15 is 0 Å². The van der Waals surface area contributed by atoms with Gasteiger partial charge in [0.1, 0.15) is 62.0 Å². The average molecular weight is 1110 g/mol. The number of unbranched alkanes of at least 4 members (excludes halogenated alkanes) is 5. The number of aliphatic hydroxyl groups is 2. The van der Waals surface area contributed by atoms with Crippen molar-refractivity contribution in [2.24, 2.45) is 0 Å². The first-order chi connectivity index (χ1) is 37.8. The molecule has 4 aromatic carbocycles. The van der Waals surface area contributed by atoms with Gasteiger partial charge in [0.05, 0.1) is 13.2 Å². The molecule has 12 unspecified atom stereocenters. The normalized spacial score (nSPS) is 26.4. The molecule has 4 aliphatic rings. The second-order valence-electron chi connectivity index (χ2n) is 26.4. The van der Waals surface area contributed by atoms with Crippen molar-refractivity contribution in [3.63, 3.8) is 0 Å². The van der Waals surface area contributed by atoms with Gasteiger partial charge < -0.3 is 57.6 Å². The molecule has 14 nitrogen and oxygen atoms in total. The molecule has 0 aromatic heterocycles. The van der Waals surface area contributed by atoms with Gasteiger partial charge in [-0.15, -0.1) is 0 Å². The third-order valence-electron chi connectivity index (χ3n) is 15.7. The number of ether oxygens (including phenoxy) is 10. The fourth-order valence-electron chi connectivity index (χ4n) is 10.5. The fourth-order valence-corrected chi connectivity index (χ4v) is 10.5. The van der Waals surface area contributed by atoms with E-state index in [2.05, 4.69) is 132 Å². The molecule has 0 bridgehead atoms. The molecule has 438 valence electrons. The molecule has 80 heavy (non-hydrogen) atoms. The molecular weight excluding hydrogens is 1020 g/mol. The molecular formula is C66H90O14. The molecule has 0 spiro atoms. The lowest BCUT2D eigenvalue weighted by Crippen LogP contribution is -2.58. The number of carbonyl (C=O) groups excluding carboxylic acids is 2. The van der Waals surface area contributed by atoms with Gasteiger partial charge in [0, 0.05) is 35.1 Å². The van der Waals surface area contributed by atoms with E-state index < -0.39 is 85.9 Å². The summed E-state index contributed by atoms with van der Waals surface area (Å²) in [7, 11) is 0. The van der Waals surface area contributed by atoms with Gasteiger partial charge in [-0.1, -0.05) is 206 Å². The lowest BCUT2D eigenvalue weighted by atomic mass is 9.86. The Morgan fingerprint density at radius 3 is 0.975 bits per heavy atom. The predicted octanol–water partition coefficient (Wildman–Crippen LogP) is 12.3. The van der Waals surface area contributed by atoms with Crippen molar-refractivity contribution < 1.29 is 67.2 Å². The van der Waals surface area contributed by atoms with Gasteiger partial charge in [-0.05, 0) is 56.8 Å². The van der Waals surface area contributed by atoms with Crippen LogP contribution in [-0.4, -0.2) is 97.4 Å². The number of aliphatic hydroxyl groups excluding tert-OH is 2. The lowest BCUT2D eigenvalue weighted by Gasteiger charge is -2.47. The molecule has 0 radical (unpaired) electrons. The van der Waals surface area contributed by atoms with E-state index in [4.69, 9.17) is 47.4 Å². The highest BCUT2D eigenvalue weighted by molar-refractivity contribution is 5.69. The van der Waals surface area contributed by atoms with E-state index in [-0.39, 0.29) is 60.9 Å². The maximum atomic E-state index is 13.0. The molecule has 12 atom stereocenters. The van der Waals surface area contributed by atoms with Crippen LogP contribution in [0.15, 0.2) is 97.1 Å². The molecule has 14 heteroatoms. The highest BCUT2D eigenvalue weighted by Gasteiger charge is 2.50. The first kappa shape index (κ1) is 61.5. The fraction of sp³-hybridized carbons (Fsp3) is 0.606. The quantitative estimate of drug-likeness (QED) is 0.0672. The summed E-state index contributed by atoms with van der Waals surface area (Å²) in [4.78, 5) is 26.0. The molecule has 0 aliphatic carbocycles. The second kappa shape index (κ2) is 26.3. The zero-order valence-corrected chi connectivity index (χ0v) is 49.4. The smallest absolute Gasteiger partial charge is 0.305 e. The van der Waals surface area contributed by atoms with Crippen molar-refractivity contribution in [2.75, 3.05) is 26.4 Å². The van der Waals surface area contributed by atoms with Gasteiger partial charge in [-0.25, -0.2) is 0 Å². The number of carbonyl (C=O) groups is 2. The van der Waals surface area contributed by atoms with Crippen LogP contribution in [0, 0.1) is 0 Å². The molecule has 4 fully saturated rings. The van der Waals surface area contributed by atoms with Crippen molar-refractivity contribution >= 4 is 11.9 Å². The summed E-state index contributed by atoms with van der Waals surface area (Å²) in [5, 5.41) is 23.3. The second-order valence-corrected chi connectivity index (χ2v) is 26.4. The Morgan fingerprint density at radius 2 is 0.688 bits per heavy atom. The number of fused-ring (bicyclic) bond motifs is 2. The topological polar surface area (TPSA) is 167 Å².